The summed E-state index contributed by atoms with van der Waals surface area (Å²) in [4.78, 5) is 44.0. The maximum Gasteiger partial charge on any atom is 0.490 e. The number of halogens is 6. The number of carboxylic acids is 2. The van der Waals surface area contributed by atoms with Crippen molar-refractivity contribution in [1.29, 1.82) is 0 Å². The van der Waals surface area contributed by atoms with E-state index in [1.807, 2.05) is 36.1 Å². The van der Waals surface area contributed by atoms with E-state index in [1.54, 1.807) is 12.4 Å². The maximum atomic E-state index is 13.2. The lowest BCUT2D eigenvalue weighted by molar-refractivity contribution is -0.193. The van der Waals surface area contributed by atoms with E-state index in [2.05, 4.69) is 20.9 Å². The average Bonchev–Trinajstić information content (AvgIpc) is 3.13. The number of anilines is 1. The van der Waals surface area contributed by atoms with Crippen LogP contribution in [0.1, 0.15) is 30.5 Å². The first kappa shape index (κ1) is 31.3. The Morgan fingerprint density at radius 1 is 0.949 bits per heavy atom. The van der Waals surface area contributed by atoms with Crippen LogP contribution in [0.4, 0.5) is 32.2 Å². The van der Waals surface area contributed by atoms with Crippen molar-refractivity contribution in [2.75, 3.05) is 24.5 Å². The molecule has 1 atom stereocenters. The summed E-state index contributed by atoms with van der Waals surface area (Å²) in [6.45, 7) is 5.31. The van der Waals surface area contributed by atoms with Gasteiger partial charge in [-0.15, -0.1) is 0 Å². The quantitative estimate of drug-likeness (QED) is 0.535. The van der Waals surface area contributed by atoms with Gasteiger partial charge >= 0.3 is 24.3 Å². The largest absolute Gasteiger partial charge is 0.490 e. The Labute approximate surface area is 219 Å². The molecule has 4 heterocycles. The number of carbonyl (C=O) groups excluding carboxylic acids is 1. The van der Waals surface area contributed by atoms with Crippen LogP contribution in [0.25, 0.3) is 0 Å². The number of aromatic nitrogens is 2. The van der Waals surface area contributed by atoms with Crippen molar-refractivity contribution in [1.82, 2.24) is 14.9 Å². The van der Waals surface area contributed by atoms with Crippen LogP contribution in [0, 0.1) is 12.3 Å². The highest BCUT2D eigenvalue weighted by molar-refractivity contribution is 5.85. The molecule has 0 aliphatic carbocycles. The van der Waals surface area contributed by atoms with Gasteiger partial charge in [-0.05, 0) is 56.0 Å². The van der Waals surface area contributed by atoms with Crippen LogP contribution in [-0.2, 0) is 20.9 Å². The van der Waals surface area contributed by atoms with Crippen LogP contribution in [0.5, 0.6) is 0 Å². The first-order chi connectivity index (χ1) is 18.0. The first-order valence-electron chi connectivity index (χ1n) is 11.5. The monoisotopic (exact) mass is 564 g/mol. The highest BCUT2D eigenvalue weighted by Gasteiger charge is 2.49. The molecule has 1 spiro atoms. The molecule has 0 saturated carbocycles. The third kappa shape index (κ3) is 9.11. The molecule has 2 N–H and O–H groups in total. The standard InChI is InChI=1S/C20H24N4O.2C2HF3O2/c1-16-4-2-5-18(22-16)24-12-3-8-20(15-24)9-13-23(19(20)25)14-17-6-10-21-11-7-17;2*3-2(4,5)1(6)7/h2,4-7,10-11H,3,8-9,12-15H2,1H3;2*(H,6,7). The predicted octanol–water partition coefficient (Wildman–Crippen LogP) is 4.07. The molecule has 214 valence electrons. The van der Waals surface area contributed by atoms with Crippen LogP contribution < -0.4 is 4.90 Å². The zero-order valence-corrected chi connectivity index (χ0v) is 20.7. The third-order valence-corrected chi connectivity index (χ3v) is 5.98. The molecule has 4 rings (SSSR count). The number of nitrogens with zero attached hydrogens (tertiary/aromatic N) is 4. The van der Waals surface area contributed by atoms with Gasteiger partial charge in [-0.3, -0.25) is 9.78 Å². The van der Waals surface area contributed by atoms with Crippen LogP contribution in [0.3, 0.4) is 0 Å². The number of amides is 1. The molecule has 0 aromatic carbocycles. The highest BCUT2D eigenvalue weighted by atomic mass is 19.4. The summed E-state index contributed by atoms with van der Waals surface area (Å²) in [5.74, 6) is -4.21. The number of aliphatic carboxylic acids is 2. The summed E-state index contributed by atoms with van der Waals surface area (Å²) in [6, 6.07) is 10.1. The fourth-order valence-electron chi connectivity index (χ4n) is 4.16. The molecule has 2 aliphatic rings. The van der Waals surface area contributed by atoms with Gasteiger partial charge in [0, 0.05) is 44.3 Å². The Bertz CT molecular complexity index is 1120. The van der Waals surface area contributed by atoms with Gasteiger partial charge in [-0.1, -0.05) is 6.07 Å². The maximum absolute atomic E-state index is 13.2. The van der Waals surface area contributed by atoms with Crippen molar-refractivity contribution in [3.63, 3.8) is 0 Å². The SMILES string of the molecule is Cc1cccc(N2CCCC3(CCN(Cc4ccncc4)C3=O)C2)n1.O=C(O)C(F)(F)F.O=C(O)C(F)(F)F. The van der Waals surface area contributed by atoms with Gasteiger partial charge in [-0.2, -0.15) is 26.3 Å². The van der Waals surface area contributed by atoms with E-state index >= 15 is 0 Å². The second kappa shape index (κ2) is 12.8. The Morgan fingerprint density at radius 2 is 1.51 bits per heavy atom. The molecular formula is C24H26F6N4O5. The van der Waals surface area contributed by atoms with Crippen LogP contribution in [-0.4, -0.2) is 74.9 Å². The normalized spacial score (nSPS) is 19.1. The van der Waals surface area contributed by atoms with E-state index in [9.17, 15) is 31.1 Å². The molecule has 0 radical (unpaired) electrons. The summed E-state index contributed by atoms with van der Waals surface area (Å²) in [5.41, 5.74) is 1.93. The second-order valence-electron chi connectivity index (χ2n) is 8.88. The summed E-state index contributed by atoms with van der Waals surface area (Å²) in [7, 11) is 0. The molecular weight excluding hydrogens is 538 g/mol. The van der Waals surface area contributed by atoms with Crippen molar-refractivity contribution >= 4 is 23.7 Å². The van der Waals surface area contributed by atoms with Crippen molar-refractivity contribution in [2.45, 2.75) is 45.1 Å². The van der Waals surface area contributed by atoms with Gasteiger partial charge in [-0.25, -0.2) is 14.6 Å². The highest BCUT2D eigenvalue weighted by Crippen LogP contribution is 2.41. The molecule has 9 nitrogen and oxygen atoms in total. The van der Waals surface area contributed by atoms with Crippen LogP contribution in [0.2, 0.25) is 0 Å². The molecule has 0 bridgehead atoms. The molecule has 15 heteroatoms. The Hall–Kier alpha value is -3.91. The molecule has 2 aromatic rings. The molecule has 2 saturated heterocycles. The van der Waals surface area contributed by atoms with Crippen LogP contribution in [0.15, 0.2) is 42.7 Å². The van der Waals surface area contributed by atoms with E-state index in [1.165, 1.54) is 0 Å². The van der Waals surface area contributed by atoms with E-state index in [0.29, 0.717) is 12.5 Å². The Kier molecular flexibility index (Phi) is 10.2. The average molecular weight is 564 g/mol. The van der Waals surface area contributed by atoms with Gasteiger partial charge in [0.2, 0.25) is 5.91 Å². The van der Waals surface area contributed by atoms with E-state index < -0.39 is 24.3 Å². The lowest BCUT2D eigenvalue weighted by Crippen LogP contribution is -2.48. The summed E-state index contributed by atoms with van der Waals surface area (Å²) >= 11 is 0. The summed E-state index contributed by atoms with van der Waals surface area (Å²) in [5, 5.41) is 14.2. The second-order valence-corrected chi connectivity index (χ2v) is 8.88. The third-order valence-electron chi connectivity index (χ3n) is 5.98. The van der Waals surface area contributed by atoms with E-state index in [-0.39, 0.29) is 5.41 Å². The number of piperidine rings is 1. The molecule has 2 aromatic heterocycles. The van der Waals surface area contributed by atoms with E-state index in [4.69, 9.17) is 19.8 Å². The van der Waals surface area contributed by atoms with Gasteiger partial charge < -0.3 is 20.0 Å². The fraction of sp³-hybridized carbons (Fsp3) is 0.458. The number of alkyl halides is 6. The number of carboxylic acid groups (broad SMARTS) is 2. The molecule has 2 aliphatic heterocycles. The molecule has 1 amide bonds. The number of likely N-dealkylation sites (tertiary alicyclic amines) is 1. The van der Waals surface area contributed by atoms with Crippen molar-refractivity contribution in [3.05, 3.63) is 54.0 Å². The minimum atomic E-state index is -5.08. The smallest absolute Gasteiger partial charge is 0.475 e. The Balaban J connectivity index is 0.000000317. The summed E-state index contributed by atoms with van der Waals surface area (Å²) < 4.78 is 63.5. The lowest BCUT2D eigenvalue weighted by Gasteiger charge is -2.39. The minimum absolute atomic E-state index is 0.239. The minimum Gasteiger partial charge on any atom is -0.475 e. The molecule has 2 fully saturated rings. The van der Waals surface area contributed by atoms with Crippen molar-refractivity contribution in [2.24, 2.45) is 5.41 Å². The number of carbonyl (C=O) groups is 3. The fourth-order valence-corrected chi connectivity index (χ4v) is 4.16. The topological polar surface area (TPSA) is 124 Å². The molecule has 1 unspecified atom stereocenters. The summed E-state index contributed by atoms with van der Waals surface area (Å²) in [6.07, 6.45) is -3.61. The number of pyridine rings is 2. The van der Waals surface area contributed by atoms with Crippen LogP contribution >= 0.6 is 0 Å². The Morgan fingerprint density at radius 3 is 2.03 bits per heavy atom. The van der Waals surface area contributed by atoms with Gasteiger partial charge in [0.1, 0.15) is 5.82 Å². The number of hydrogen-bond donors (Lipinski definition) is 2. The number of rotatable bonds is 3. The zero-order chi connectivity index (χ0) is 29.4. The van der Waals surface area contributed by atoms with Crippen molar-refractivity contribution in [3.8, 4) is 0 Å². The zero-order valence-electron chi connectivity index (χ0n) is 20.7. The van der Waals surface area contributed by atoms with E-state index in [0.717, 1.165) is 56.0 Å². The lowest BCUT2D eigenvalue weighted by atomic mass is 9.78. The van der Waals surface area contributed by atoms with Gasteiger partial charge in [0.25, 0.3) is 0 Å². The predicted molar refractivity (Wildman–Crippen MR) is 125 cm³/mol. The first-order valence-corrected chi connectivity index (χ1v) is 11.5. The number of aryl methyl sites for hydroxylation is 1. The van der Waals surface area contributed by atoms with Gasteiger partial charge in [0.15, 0.2) is 0 Å². The van der Waals surface area contributed by atoms with Crippen molar-refractivity contribution < 1.29 is 50.9 Å². The molecule has 39 heavy (non-hydrogen) atoms. The number of hydrogen-bond acceptors (Lipinski definition) is 6. The van der Waals surface area contributed by atoms with Gasteiger partial charge in [0.05, 0.1) is 5.41 Å².